The Hall–Kier alpha value is -3.03. The van der Waals surface area contributed by atoms with Crippen LogP contribution in [0.1, 0.15) is 57.1 Å². The number of amides is 2. The second-order valence-corrected chi connectivity index (χ2v) is 7.79. The van der Waals surface area contributed by atoms with E-state index in [0.29, 0.717) is 23.7 Å². The first-order valence-electron chi connectivity index (χ1n) is 10.8. The number of urea groups is 1. The second-order valence-electron chi connectivity index (χ2n) is 7.79. The monoisotopic (exact) mass is 430 g/mol. The smallest absolute Gasteiger partial charge is 0.338 e. The maximum Gasteiger partial charge on any atom is 0.338 e. The Labute approximate surface area is 182 Å². The van der Waals surface area contributed by atoms with Crippen LogP contribution in [0, 0.1) is 5.92 Å². The highest BCUT2D eigenvalue weighted by Crippen LogP contribution is 2.30. The molecule has 1 unspecified atom stereocenters. The lowest BCUT2D eigenvalue weighted by Gasteiger charge is -2.29. The minimum Gasteiger partial charge on any atom is -0.497 e. The van der Waals surface area contributed by atoms with Crippen molar-refractivity contribution in [1.82, 2.24) is 10.6 Å². The van der Waals surface area contributed by atoms with Crippen molar-refractivity contribution in [3.63, 3.8) is 0 Å². The first-order valence-corrected chi connectivity index (χ1v) is 10.8. The number of hydrogen-bond donors (Lipinski definition) is 2. The number of carbonyl (C=O) groups is 3. The van der Waals surface area contributed by atoms with Gasteiger partial charge in [-0.1, -0.05) is 31.4 Å². The van der Waals surface area contributed by atoms with Gasteiger partial charge in [-0.05, 0) is 43.4 Å². The number of rotatable bonds is 8. The molecule has 0 spiro atoms. The van der Waals surface area contributed by atoms with E-state index in [1.165, 1.54) is 6.42 Å². The van der Waals surface area contributed by atoms with Gasteiger partial charge in [0, 0.05) is 6.42 Å². The van der Waals surface area contributed by atoms with E-state index in [4.69, 9.17) is 14.2 Å². The third kappa shape index (κ3) is 5.99. The number of carbonyl (C=O) groups excluding carboxylic acids is 3. The van der Waals surface area contributed by atoms with Gasteiger partial charge in [-0.15, -0.1) is 0 Å². The van der Waals surface area contributed by atoms with Gasteiger partial charge >= 0.3 is 18.0 Å². The Morgan fingerprint density at radius 1 is 1.06 bits per heavy atom. The predicted molar refractivity (Wildman–Crippen MR) is 113 cm³/mol. The lowest BCUT2D eigenvalue weighted by Crippen LogP contribution is -2.47. The average Bonchev–Trinajstić information content (AvgIpc) is 2.78. The van der Waals surface area contributed by atoms with E-state index in [-0.39, 0.29) is 30.5 Å². The van der Waals surface area contributed by atoms with Crippen LogP contribution in [0.15, 0.2) is 35.5 Å². The van der Waals surface area contributed by atoms with E-state index in [2.05, 4.69) is 10.6 Å². The molecule has 3 rings (SSSR count). The van der Waals surface area contributed by atoms with Crippen molar-refractivity contribution in [2.75, 3.05) is 20.3 Å². The zero-order valence-electron chi connectivity index (χ0n) is 18.1. The summed E-state index contributed by atoms with van der Waals surface area (Å²) in [6, 6.07) is 5.81. The summed E-state index contributed by atoms with van der Waals surface area (Å²) in [6.07, 6.45) is 5.92. The molecule has 1 aromatic rings. The molecule has 1 fully saturated rings. The minimum atomic E-state index is -0.731. The van der Waals surface area contributed by atoms with E-state index in [1.54, 1.807) is 38.3 Å². The quantitative estimate of drug-likeness (QED) is 0.613. The zero-order chi connectivity index (χ0) is 22.2. The molecule has 2 N–H and O–H groups in total. The van der Waals surface area contributed by atoms with Gasteiger partial charge in [0.15, 0.2) is 0 Å². The topological polar surface area (TPSA) is 103 Å². The lowest BCUT2D eigenvalue weighted by atomic mass is 9.87. The van der Waals surface area contributed by atoms with Gasteiger partial charge in [0.25, 0.3) is 0 Å². The highest BCUT2D eigenvalue weighted by molar-refractivity contribution is 5.95. The van der Waals surface area contributed by atoms with Gasteiger partial charge in [0.1, 0.15) is 12.4 Å². The molecule has 1 saturated carbocycles. The molecule has 0 saturated heterocycles. The van der Waals surface area contributed by atoms with E-state index in [0.717, 1.165) is 25.7 Å². The maximum atomic E-state index is 12.7. The van der Waals surface area contributed by atoms with E-state index >= 15 is 0 Å². The molecule has 8 nitrogen and oxygen atoms in total. The largest absolute Gasteiger partial charge is 0.497 e. The summed E-state index contributed by atoms with van der Waals surface area (Å²) in [6.45, 7) is 1.69. The Morgan fingerprint density at radius 2 is 1.77 bits per heavy atom. The molecule has 0 radical (unpaired) electrons. The van der Waals surface area contributed by atoms with E-state index in [9.17, 15) is 14.4 Å². The van der Waals surface area contributed by atoms with Crippen molar-refractivity contribution in [3.05, 3.63) is 41.1 Å². The predicted octanol–water partition coefficient (Wildman–Crippen LogP) is 3.38. The fourth-order valence-electron chi connectivity index (χ4n) is 4.07. The van der Waals surface area contributed by atoms with Crippen LogP contribution in [0.25, 0.3) is 0 Å². The minimum absolute atomic E-state index is 0.181. The van der Waals surface area contributed by atoms with Crippen molar-refractivity contribution in [3.8, 4) is 5.75 Å². The molecule has 2 aliphatic rings. The van der Waals surface area contributed by atoms with Gasteiger partial charge in [-0.25, -0.2) is 9.59 Å². The molecule has 31 heavy (non-hydrogen) atoms. The number of benzene rings is 1. The summed E-state index contributed by atoms with van der Waals surface area (Å²) >= 11 is 0. The van der Waals surface area contributed by atoms with Crippen LogP contribution >= 0.6 is 0 Å². The van der Waals surface area contributed by atoms with E-state index in [1.807, 2.05) is 0 Å². The normalized spacial score (nSPS) is 19.3. The SMILES string of the molecule is CCOC(=O)C1=C(COC(=O)CC2CCCCC2)NC(=O)NC1c1ccc(OC)cc1. The van der Waals surface area contributed by atoms with Crippen LogP contribution in [0.5, 0.6) is 5.75 Å². The van der Waals surface area contributed by atoms with Crippen LogP contribution in [0.2, 0.25) is 0 Å². The molecule has 1 atom stereocenters. The molecule has 1 aliphatic heterocycles. The molecule has 1 aliphatic carbocycles. The molecule has 0 bridgehead atoms. The van der Waals surface area contributed by atoms with Crippen LogP contribution in [0.4, 0.5) is 4.79 Å². The van der Waals surface area contributed by atoms with Crippen LogP contribution < -0.4 is 15.4 Å². The first-order chi connectivity index (χ1) is 15.0. The fourth-order valence-corrected chi connectivity index (χ4v) is 4.07. The van der Waals surface area contributed by atoms with Crippen molar-refractivity contribution in [2.45, 2.75) is 51.5 Å². The van der Waals surface area contributed by atoms with Gasteiger partial charge in [-0.3, -0.25) is 4.79 Å². The average molecular weight is 431 g/mol. The number of esters is 2. The fraction of sp³-hybridized carbons (Fsp3) is 0.522. The molecule has 0 aromatic heterocycles. The van der Waals surface area contributed by atoms with E-state index < -0.39 is 18.0 Å². The van der Waals surface area contributed by atoms with Crippen molar-refractivity contribution >= 4 is 18.0 Å². The summed E-state index contributed by atoms with van der Waals surface area (Å²) in [4.78, 5) is 37.4. The Morgan fingerprint density at radius 3 is 2.42 bits per heavy atom. The van der Waals surface area contributed by atoms with Crippen LogP contribution in [0.3, 0.4) is 0 Å². The third-order valence-electron chi connectivity index (χ3n) is 5.66. The van der Waals surface area contributed by atoms with Gasteiger partial charge < -0.3 is 24.8 Å². The van der Waals surface area contributed by atoms with Crippen molar-refractivity contribution < 1.29 is 28.6 Å². The molecular weight excluding hydrogens is 400 g/mol. The van der Waals surface area contributed by atoms with Crippen molar-refractivity contribution in [2.24, 2.45) is 5.92 Å². The zero-order valence-corrected chi connectivity index (χ0v) is 18.1. The van der Waals surface area contributed by atoms with Crippen LogP contribution in [-0.2, 0) is 19.1 Å². The summed E-state index contributed by atoms with van der Waals surface area (Å²) in [5.41, 5.74) is 1.14. The summed E-state index contributed by atoms with van der Waals surface area (Å²) < 4.78 is 15.8. The third-order valence-corrected chi connectivity index (χ3v) is 5.66. The Balaban J connectivity index is 1.80. The molecular formula is C23H30N2O6. The Bertz CT molecular complexity index is 827. The Kier molecular flexibility index (Phi) is 7.92. The second kappa shape index (κ2) is 10.8. The number of hydrogen-bond acceptors (Lipinski definition) is 6. The molecule has 168 valence electrons. The first kappa shape index (κ1) is 22.7. The van der Waals surface area contributed by atoms with Crippen LogP contribution in [-0.4, -0.2) is 38.3 Å². The summed E-state index contributed by atoms with van der Waals surface area (Å²) in [5.74, 6) is 0.0995. The lowest BCUT2D eigenvalue weighted by molar-refractivity contribution is -0.145. The standard InChI is InChI=1S/C23H30N2O6/c1-3-30-22(27)20-18(14-31-19(26)13-15-7-5-4-6-8-15)24-23(28)25-21(20)16-9-11-17(29-2)12-10-16/h9-12,15,21H,3-8,13-14H2,1-2H3,(H2,24,25,28). The number of ether oxygens (including phenoxy) is 3. The number of nitrogens with one attached hydrogen (secondary N) is 2. The van der Waals surface area contributed by atoms with Gasteiger partial charge in [0.2, 0.25) is 0 Å². The van der Waals surface area contributed by atoms with Gasteiger partial charge in [-0.2, -0.15) is 0 Å². The number of methoxy groups -OCH3 is 1. The highest BCUT2D eigenvalue weighted by atomic mass is 16.5. The van der Waals surface area contributed by atoms with Gasteiger partial charge in [0.05, 0.1) is 31.0 Å². The van der Waals surface area contributed by atoms with Crippen molar-refractivity contribution in [1.29, 1.82) is 0 Å². The molecule has 1 aromatic carbocycles. The molecule has 2 amide bonds. The molecule has 1 heterocycles. The maximum absolute atomic E-state index is 12.7. The summed E-state index contributed by atoms with van der Waals surface area (Å²) in [7, 11) is 1.56. The molecule has 8 heteroatoms. The summed E-state index contributed by atoms with van der Waals surface area (Å²) in [5, 5.41) is 5.37. The highest BCUT2D eigenvalue weighted by Gasteiger charge is 2.34.